The number of nitrogens with one attached hydrogen (secondary N) is 2. The second kappa shape index (κ2) is 9.88. The number of carbonyl (C=O) groups is 2. The molecule has 0 heterocycles. The molecule has 0 aromatic heterocycles. The highest BCUT2D eigenvalue weighted by molar-refractivity contribution is 5.86. The second-order valence-corrected chi connectivity index (χ2v) is 4.85. The van der Waals surface area contributed by atoms with Gasteiger partial charge in [0.15, 0.2) is 0 Å². The summed E-state index contributed by atoms with van der Waals surface area (Å²) in [6, 6.07) is -0.458. The minimum Gasteiger partial charge on any atom is -0.396 e. The van der Waals surface area contributed by atoms with Crippen molar-refractivity contribution in [1.82, 2.24) is 10.6 Å². The zero-order valence-corrected chi connectivity index (χ0v) is 11.7. The fourth-order valence-corrected chi connectivity index (χ4v) is 1.67. The Hall–Kier alpha value is -1.10. The van der Waals surface area contributed by atoms with Gasteiger partial charge >= 0.3 is 0 Å². The van der Waals surface area contributed by atoms with Crippen molar-refractivity contribution in [2.45, 2.75) is 52.5 Å². The molecule has 0 aliphatic carbocycles. The van der Waals surface area contributed by atoms with Gasteiger partial charge < -0.3 is 15.7 Å². The van der Waals surface area contributed by atoms with Crippen LogP contribution in [0, 0.1) is 5.92 Å². The fourth-order valence-electron chi connectivity index (χ4n) is 1.67. The Morgan fingerprint density at radius 1 is 1.11 bits per heavy atom. The molecule has 18 heavy (non-hydrogen) atoms. The lowest BCUT2D eigenvalue weighted by Gasteiger charge is -2.20. The molecule has 0 bridgehead atoms. The summed E-state index contributed by atoms with van der Waals surface area (Å²) < 4.78 is 0. The maximum absolute atomic E-state index is 11.8. The minimum atomic E-state index is -0.458. The lowest BCUT2D eigenvalue weighted by Crippen LogP contribution is -2.49. The van der Waals surface area contributed by atoms with Crippen molar-refractivity contribution in [3.63, 3.8) is 0 Å². The summed E-state index contributed by atoms with van der Waals surface area (Å²) in [7, 11) is 0. The van der Waals surface area contributed by atoms with Gasteiger partial charge in [-0.1, -0.05) is 26.7 Å². The van der Waals surface area contributed by atoms with Crippen LogP contribution in [-0.4, -0.2) is 36.1 Å². The first-order valence-electron chi connectivity index (χ1n) is 6.64. The molecule has 1 unspecified atom stereocenters. The van der Waals surface area contributed by atoms with Gasteiger partial charge in [0, 0.05) is 20.1 Å². The van der Waals surface area contributed by atoms with Crippen molar-refractivity contribution in [2.75, 3.05) is 13.2 Å². The maximum atomic E-state index is 11.8. The van der Waals surface area contributed by atoms with E-state index in [4.69, 9.17) is 5.11 Å². The lowest BCUT2D eigenvalue weighted by molar-refractivity contribution is -0.129. The first kappa shape index (κ1) is 16.9. The molecule has 0 saturated heterocycles. The average molecular weight is 258 g/mol. The minimum absolute atomic E-state index is 0.0725. The zero-order chi connectivity index (χ0) is 14.0. The van der Waals surface area contributed by atoms with Gasteiger partial charge in [0.1, 0.15) is 6.04 Å². The van der Waals surface area contributed by atoms with Crippen molar-refractivity contribution in [1.29, 1.82) is 0 Å². The molecule has 3 N–H and O–H groups in total. The lowest BCUT2D eigenvalue weighted by atomic mass is 10.0. The van der Waals surface area contributed by atoms with Crippen LogP contribution in [0.15, 0.2) is 0 Å². The summed E-state index contributed by atoms with van der Waals surface area (Å²) in [4.78, 5) is 22.8. The van der Waals surface area contributed by atoms with E-state index in [9.17, 15) is 9.59 Å². The Morgan fingerprint density at radius 3 is 2.22 bits per heavy atom. The van der Waals surface area contributed by atoms with Crippen molar-refractivity contribution >= 4 is 11.8 Å². The number of rotatable bonds is 9. The van der Waals surface area contributed by atoms with E-state index in [2.05, 4.69) is 10.6 Å². The van der Waals surface area contributed by atoms with Crippen molar-refractivity contribution in [3.8, 4) is 0 Å². The van der Waals surface area contributed by atoms with Gasteiger partial charge in [-0.2, -0.15) is 0 Å². The van der Waals surface area contributed by atoms with Gasteiger partial charge in [0.25, 0.3) is 0 Å². The Morgan fingerprint density at radius 2 is 1.72 bits per heavy atom. The first-order valence-corrected chi connectivity index (χ1v) is 6.64. The number of carbonyl (C=O) groups excluding carboxylic acids is 2. The molecule has 5 nitrogen and oxygen atoms in total. The molecule has 0 aliphatic rings. The van der Waals surface area contributed by atoms with Crippen molar-refractivity contribution in [3.05, 3.63) is 0 Å². The van der Waals surface area contributed by atoms with E-state index in [0.717, 1.165) is 25.7 Å². The molecule has 5 heteroatoms. The molecule has 106 valence electrons. The van der Waals surface area contributed by atoms with Crippen LogP contribution in [-0.2, 0) is 9.59 Å². The molecule has 2 amide bonds. The normalized spacial score (nSPS) is 12.3. The summed E-state index contributed by atoms with van der Waals surface area (Å²) in [6.45, 7) is 6.07. The molecule has 1 atom stereocenters. The van der Waals surface area contributed by atoms with Crippen molar-refractivity contribution in [2.24, 2.45) is 5.92 Å². The molecule has 0 spiro atoms. The number of hydrogen-bond acceptors (Lipinski definition) is 3. The topological polar surface area (TPSA) is 78.4 Å². The molecule has 0 aliphatic heterocycles. The van der Waals surface area contributed by atoms with E-state index in [1.165, 1.54) is 6.92 Å². The van der Waals surface area contributed by atoms with Crippen LogP contribution in [0.2, 0.25) is 0 Å². The van der Waals surface area contributed by atoms with E-state index in [1.54, 1.807) is 0 Å². The maximum Gasteiger partial charge on any atom is 0.242 e. The van der Waals surface area contributed by atoms with Gasteiger partial charge in [0.05, 0.1) is 0 Å². The third kappa shape index (κ3) is 8.06. The van der Waals surface area contributed by atoms with Crippen LogP contribution < -0.4 is 10.6 Å². The van der Waals surface area contributed by atoms with Gasteiger partial charge in [-0.15, -0.1) is 0 Å². The summed E-state index contributed by atoms with van der Waals surface area (Å²) in [5.74, 6) is -0.238. The summed E-state index contributed by atoms with van der Waals surface area (Å²) in [6.07, 6.45) is 3.68. The van der Waals surface area contributed by atoms with E-state index in [0.29, 0.717) is 6.54 Å². The highest BCUT2D eigenvalue weighted by atomic mass is 16.3. The number of unbranched alkanes of at least 4 members (excludes halogenated alkanes) is 3. The van der Waals surface area contributed by atoms with Crippen molar-refractivity contribution < 1.29 is 14.7 Å². The van der Waals surface area contributed by atoms with Crippen LogP contribution in [0.25, 0.3) is 0 Å². The number of hydrogen-bond donors (Lipinski definition) is 3. The van der Waals surface area contributed by atoms with Gasteiger partial charge in [-0.25, -0.2) is 0 Å². The molecule has 0 radical (unpaired) electrons. The quantitative estimate of drug-likeness (QED) is 0.536. The number of amides is 2. The van der Waals surface area contributed by atoms with E-state index >= 15 is 0 Å². The molecule has 0 saturated carbocycles. The van der Waals surface area contributed by atoms with Crippen LogP contribution in [0.4, 0.5) is 0 Å². The summed E-state index contributed by atoms with van der Waals surface area (Å²) >= 11 is 0. The summed E-state index contributed by atoms with van der Waals surface area (Å²) in [5.41, 5.74) is 0. The standard InChI is InChI=1S/C13H26N2O3/c1-10(2)12(15-11(3)17)13(18)14-8-6-4-5-7-9-16/h10,12,16H,4-9H2,1-3H3,(H,14,18)(H,15,17). The van der Waals surface area contributed by atoms with Gasteiger partial charge in [-0.05, 0) is 18.8 Å². The van der Waals surface area contributed by atoms with E-state index < -0.39 is 6.04 Å². The Labute approximate surface area is 109 Å². The predicted octanol–water partition coefficient (Wildman–Crippen LogP) is 0.816. The SMILES string of the molecule is CC(=O)NC(C(=O)NCCCCCCO)C(C)C. The molecule has 0 aromatic rings. The van der Waals surface area contributed by atoms with Crippen LogP contribution in [0.5, 0.6) is 0 Å². The highest BCUT2D eigenvalue weighted by Crippen LogP contribution is 2.02. The third-order valence-electron chi connectivity index (χ3n) is 2.69. The van der Waals surface area contributed by atoms with Gasteiger partial charge in [-0.3, -0.25) is 9.59 Å². The predicted molar refractivity (Wildman–Crippen MR) is 71.0 cm³/mol. The molecule has 0 rings (SSSR count). The monoisotopic (exact) mass is 258 g/mol. The Bertz CT molecular complexity index is 255. The highest BCUT2D eigenvalue weighted by Gasteiger charge is 2.22. The van der Waals surface area contributed by atoms with Crippen LogP contribution in [0.1, 0.15) is 46.5 Å². The first-order chi connectivity index (χ1) is 8.49. The Balaban J connectivity index is 3.85. The molecular formula is C13H26N2O3. The summed E-state index contributed by atoms with van der Waals surface area (Å²) in [5, 5.41) is 14.1. The third-order valence-corrected chi connectivity index (χ3v) is 2.69. The largest absolute Gasteiger partial charge is 0.396 e. The van der Waals surface area contributed by atoms with Gasteiger partial charge in [0.2, 0.25) is 11.8 Å². The van der Waals surface area contributed by atoms with E-state index in [1.807, 2.05) is 13.8 Å². The number of aliphatic hydroxyl groups is 1. The Kier molecular flexibility index (Phi) is 9.28. The van der Waals surface area contributed by atoms with Crippen LogP contribution in [0.3, 0.4) is 0 Å². The van der Waals surface area contributed by atoms with E-state index in [-0.39, 0.29) is 24.3 Å². The van der Waals surface area contributed by atoms with Crippen LogP contribution >= 0.6 is 0 Å². The zero-order valence-electron chi connectivity index (χ0n) is 11.7. The molecule has 0 aromatic carbocycles. The molecular weight excluding hydrogens is 232 g/mol. The molecule has 0 fully saturated rings. The average Bonchev–Trinajstić information content (AvgIpc) is 2.29. The fraction of sp³-hybridized carbons (Fsp3) is 0.846. The smallest absolute Gasteiger partial charge is 0.242 e. The number of aliphatic hydroxyl groups excluding tert-OH is 1. The second-order valence-electron chi connectivity index (χ2n) is 4.85.